The smallest absolute Gasteiger partial charge is 0.0826 e. The Morgan fingerprint density at radius 1 is 0.778 bits per heavy atom. The lowest BCUT2D eigenvalue weighted by atomic mass is 9.93. The summed E-state index contributed by atoms with van der Waals surface area (Å²) in [5.41, 5.74) is 1.96. The molecule has 0 spiro atoms. The van der Waals surface area contributed by atoms with E-state index >= 15 is 0 Å². The van der Waals surface area contributed by atoms with Gasteiger partial charge in [0.05, 0.1) is 5.92 Å². The lowest BCUT2D eigenvalue weighted by Gasteiger charge is -2.25. The molecule has 0 N–H and O–H groups in total. The minimum Gasteiger partial charge on any atom is -0.0826 e. The van der Waals surface area contributed by atoms with Crippen LogP contribution in [0.15, 0.2) is 59.1 Å². The van der Waals surface area contributed by atoms with Gasteiger partial charge in [0, 0.05) is 4.47 Å². The van der Waals surface area contributed by atoms with Crippen molar-refractivity contribution in [1.82, 2.24) is 0 Å². The predicted molar refractivity (Wildman–Crippen MR) is 82.7 cm³/mol. The van der Waals surface area contributed by atoms with Crippen molar-refractivity contribution in [2.45, 2.75) is 9.71 Å². The third-order valence-corrected chi connectivity index (χ3v) is 3.85. The molecule has 0 heterocycles. The number of alkyl halides is 3. The normalized spacial score (nSPS) is 13.3. The van der Waals surface area contributed by atoms with E-state index in [-0.39, 0.29) is 5.92 Å². The van der Waals surface area contributed by atoms with Crippen LogP contribution >= 0.6 is 50.7 Å². The highest BCUT2D eigenvalue weighted by atomic mass is 79.9. The van der Waals surface area contributed by atoms with Crippen LogP contribution in [-0.2, 0) is 0 Å². The Morgan fingerprint density at radius 3 is 1.78 bits per heavy atom. The van der Waals surface area contributed by atoms with E-state index < -0.39 is 3.79 Å². The summed E-state index contributed by atoms with van der Waals surface area (Å²) < 4.78 is -0.378. The molecule has 0 saturated carbocycles. The van der Waals surface area contributed by atoms with Gasteiger partial charge in [-0.05, 0) is 23.3 Å². The van der Waals surface area contributed by atoms with Crippen molar-refractivity contribution >= 4 is 50.7 Å². The van der Waals surface area contributed by atoms with Crippen LogP contribution < -0.4 is 0 Å². The minimum atomic E-state index is -1.38. The van der Waals surface area contributed by atoms with Gasteiger partial charge in [-0.15, -0.1) is 0 Å². The fourth-order valence-electron chi connectivity index (χ4n) is 1.87. The molecule has 0 nitrogen and oxygen atoms in total. The third kappa shape index (κ3) is 3.42. The van der Waals surface area contributed by atoms with Gasteiger partial charge < -0.3 is 0 Å². The van der Waals surface area contributed by atoms with Gasteiger partial charge in [-0.2, -0.15) is 0 Å². The zero-order valence-electron chi connectivity index (χ0n) is 9.29. The molecular formula is C14H10BrCl3. The molecule has 2 rings (SSSR count). The third-order valence-electron chi connectivity index (χ3n) is 2.66. The van der Waals surface area contributed by atoms with Crippen molar-refractivity contribution in [3.63, 3.8) is 0 Å². The monoisotopic (exact) mass is 362 g/mol. The highest BCUT2D eigenvalue weighted by molar-refractivity contribution is 9.10. The Hall–Kier alpha value is -0.210. The molecule has 1 atom stereocenters. The first kappa shape index (κ1) is 14.2. The quantitative estimate of drug-likeness (QED) is 0.578. The van der Waals surface area contributed by atoms with Crippen molar-refractivity contribution in [2.24, 2.45) is 0 Å². The molecule has 0 saturated heterocycles. The molecule has 0 radical (unpaired) electrons. The molecule has 0 aliphatic rings. The first-order valence-corrected chi connectivity index (χ1v) is 7.28. The fraction of sp³-hybridized carbons (Fsp3) is 0.143. The second-order valence-corrected chi connectivity index (χ2v) is 7.22. The first-order valence-electron chi connectivity index (χ1n) is 5.35. The van der Waals surface area contributed by atoms with E-state index in [1.165, 1.54) is 0 Å². The van der Waals surface area contributed by atoms with Gasteiger partial charge in [0.25, 0.3) is 0 Å². The Labute approximate surface area is 130 Å². The maximum Gasteiger partial charge on any atom is 0.201 e. The van der Waals surface area contributed by atoms with Crippen molar-refractivity contribution in [1.29, 1.82) is 0 Å². The largest absolute Gasteiger partial charge is 0.201 e. The highest BCUT2D eigenvalue weighted by Crippen LogP contribution is 2.45. The molecule has 0 aromatic heterocycles. The van der Waals surface area contributed by atoms with Crippen molar-refractivity contribution in [2.75, 3.05) is 0 Å². The molecule has 0 unspecified atom stereocenters. The number of halogens is 4. The molecule has 0 aliphatic heterocycles. The van der Waals surface area contributed by atoms with Crippen LogP contribution in [0.5, 0.6) is 0 Å². The van der Waals surface area contributed by atoms with Gasteiger partial charge in [-0.3, -0.25) is 0 Å². The molecule has 0 amide bonds. The molecule has 2 aromatic carbocycles. The van der Waals surface area contributed by atoms with E-state index in [0.29, 0.717) is 0 Å². The summed E-state index contributed by atoms with van der Waals surface area (Å²) in [4.78, 5) is 0. The summed E-state index contributed by atoms with van der Waals surface area (Å²) in [5.74, 6) is -0.281. The molecule has 2 aromatic rings. The number of rotatable bonds is 2. The van der Waals surface area contributed by atoms with Crippen molar-refractivity contribution < 1.29 is 0 Å². The average molecular weight is 364 g/mol. The minimum absolute atomic E-state index is 0.281. The molecule has 18 heavy (non-hydrogen) atoms. The van der Waals surface area contributed by atoms with E-state index in [1.807, 2.05) is 54.6 Å². The van der Waals surface area contributed by atoms with Crippen LogP contribution in [-0.4, -0.2) is 3.79 Å². The van der Waals surface area contributed by atoms with E-state index in [0.717, 1.165) is 15.6 Å². The molecule has 0 fully saturated rings. The first-order chi connectivity index (χ1) is 8.48. The lowest BCUT2D eigenvalue weighted by Crippen LogP contribution is -2.18. The van der Waals surface area contributed by atoms with Gasteiger partial charge >= 0.3 is 0 Å². The van der Waals surface area contributed by atoms with Gasteiger partial charge in [-0.25, -0.2) is 0 Å². The van der Waals surface area contributed by atoms with Gasteiger partial charge in [0.2, 0.25) is 3.79 Å². The van der Waals surface area contributed by atoms with E-state index in [9.17, 15) is 0 Å². The Kier molecular flexibility index (Phi) is 4.60. The van der Waals surface area contributed by atoms with Gasteiger partial charge in [0.1, 0.15) is 0 Å². The van der Waals surface area contributed by atoms with Crippen molar-refractivity contribution in [3.8, 4) is 0 Å². The maximum atomic E-state index is 6.13. The van der Waals surface area contributed by atoms with Crippen LogP contribution in [0.3, 0.4) is 0 Å². The topological polar surface area (TPSA) is 0 Å². The second-order valence-electron chi connectivity index (χ2n) is 3.94. The number of hydrogen-bond donors (Lipinski definition) is 0. The van der Waals surface area contributed by atoms with Crippen LogP contribution in [0.25, 0.3) is 0 Å². The average Bonchev–Trinajstić information content (AvgIpc) is 2.32. The number of hydrogen-bond acceptors (Lipinski definition) is 0. The van der Waals surface area contributed by atoms with Crippen LogP contribution in [0, 0.1) is 0 Å². The van der Waals surface area contributed by atoms with Crippen LogP contribution in [0.2, 0.25) is 0 Å². The van der Waals surface area contributed by atoms with Crippen LogP contribution in [0.4, 0.5) is 0 Å². The van der Waals surface area contributed by atoms with E-state index in [2.05, 4.69) is 15.9 Å². The molecule has 0 bridgehead atoms. The van der Waals surface area contributed by atoms with Crippen LogP contribution in [0.1, 0.15) is 17.0 Å². The summed E-state index contributed by atoms with van der Waals surface area (Å²) in [6, 6.07) is 17.6. The Morgan fingerprint density at radius 2 is 1.28 bits per heavy atom. The molecule has 94 valence electrons. The Balaban J connectivity index is 2.47. The summed E-state index contributed by atoms with van der Waals surface area (Å²) in [6.07, 6.45) is 0. The van der Waals surface area contributed by atoms with Gasteiger partial charge in [-0.1, -0.05) is 93.2 Å². The zero-order valence-corrected chi connectivity index (χ0v) is 13.1. The second kappa shape index (κ2) is 5.83. The number of benzene rings is 2. The predicted octanol–water partition coefficient (Wildman–Crippen LogP) is 5.95. The summed E-state index contributed by atoms with van der Waals surface area (Å²) in [7, 11) is 0. The molecule has 0 aliphatic carbocycles. The maximum absolute atomic E-state index is 6.13. The zero-order chi connectivity index (χ0) is 13.2. The van der Waals surface area contributed by atoms with E-state index in [4.69, 9.17) is 34.8 Å². The summed E-state index contributed by atoms with van der Waals surface area (Å²) in [5, 5.41) is 0. The standard InChI is InChI=1S/C14H10BrCl3/c15-12-8-6-11(7-9-12)13(14(16,17)18)10-4-2-1-3-5-10/h1-9,13H/t13-/m1/s1. The molecular weight excluding hydrogens is 354 g/mol. The Bertz CT molecular complexity index is 503. The van der Waals surface area contributed by atoms with Crippen molar-refractivity contribution in [3.05, 3.63) is 70.2 Å². The fourth-order valence-corrected chi connectivity index (χ4v) is 2.89. The van der Waals surface area contributed by atoms with E-state index in [1.54, 1.807) is 0 Å². The SMILES string of the molecule is ClC(Cl)(Cl)[C@H](c1ccccc1)c1ccc(Br)cc1. The summed E-state index contributed by atoms with van der Waals surface area (Å²) in [6.45, 7) is 0. The summed E-state index contributed by atoms with van der Waals surface area (Å²) >= 11 is 21.8. The highest BCUT2D eigenvalue weighted by Gasteiger charge is 2.34. The molecule has 4 heteroatoms. The lowest BCUT2D eigenvalue weighted by molar-refractivity contribution is 0.839. The van der Waals surface area contributed by atoms with Gasteiger partial charge in [0.15, 0.2) is 0 Å².